The Balaban J connectivity index is 3.03. The molecular formula is C9H8N2O3S. The predicted octanol–water partition coefficient (Wildman–Crippen LogP) is -0.829. The number of amides is 1. The smallest absolute Gasteiger partial charge is 0.293 e. The SMILES string of the molecule is NC(=O)C#Cc1ccc(S(N)(=O)=O)cc1. The maximum absolute atomic E-state index is 10.9. The Bertz CT molecular complexity index is 535. The summed E-state index contributed by atoms with van der Waals surface area (Å²) in [5.74, 6) is 3.85. The van der Waals surface area contributed by atoms with Crippen LogP contribution in [0.25, 0.3) is 0 Å². The zero-order valence-electron chi connectivity index (χ0n) is 7.60. The van der Waals surface area contributed by atoms with Crippen LogP contribution in [0.2, 0.25) is 0 Å². The topological polar surface area (TPSA) is 103 Å². The van der Waals surface area contributed by atoms with E-state index in [1.807, 2.05) is 0 Å². The quantitative estimate of drug-likeness (QED) is 0.608. The molecule has 0 unspecified atom stereocenters. The molecule has 0 aliphatic heterocycles. The fourth-order valence-corrected chi connectivity index (χ4v) is 1.38. The molecule has 1 aromatic carbocycles. The molecule has 1 aromatic rings. The first-order valence-electron chi connectivity index (χ1n) is 3.84. The van der Waals surface area contributed by atoms with Gasteiger partial charge in [-0.05, 0) is 30.2 Å². The van der Waals surface area contributed by atoms with Gasteiger partial charge in [0.25, 0.3) is 5.91 Å². The summed E-state index contributed by atoms with van der Waals surface area (Å²) in [6, 6.07) is 5.49. The van der Waals surface area contributed by atoms with Crippen molar-refractivity contribution in [2.75, 3.05) is 0 Å². The van der Waals surface area contributed by atoms with Crippen LogP contribution in [0.3, 0.4) is 0 Å². The fourth-order valence-electron chi connectivity index (χ4n) is 0.862. The second kappa shape index (κ2) is 4.13. The maximum atomic E-state index is 10.9. The van der Waals surface area contributed by atoms with Gasteiger partial charge in [-0.3, -0.25) is 4.79 Å². The van der Waals surface area contributed by atoms with Crippen LogP contribution in [0.4, 0.5) is 0 Å². The number of hydrogen-bond acceptors (Lipinski definition) is 3. The molecule has 0 atom stereocenters. The zero-order chi connectivity index (χ0) is 11.5. The van der Waals surface area contributed by atoms with Gasteiger partial charge in [0.05, 0.1) is 4.90 Å². The molecule has 15 heavy (non-hydrogen) atoms. The van der Waals surface area contributed by atoms with E-state index in [2.05, 4.69) is 11.8 Å². The van der Waals surface area contributed by atoms with Crippen LogP contribution in [0.5, 0.6) is 0 Å². The Morgan fingerprint density at radius 2 is 1.73 bits per heavy atom. The lowest BCUT2D eigenvalue weighted by Crippen LogP contribution is -2.11. The van der Waals surface area contributed by atoms with Crippen molar-refractivity contribution in [1.29, 1.82) is 0 Å². The molecule has 6 heteroatoms. The van der Waals surface area contributed by atoms with E-state index >= 15 is 0 Å². The van der Waals surface area contributed by atoms with Gasteiger partial charge in [-0.1, -0.05) is 5.92 Å². The molecular weight excluding hydrogens is 216 g/mol. The highest BCUT2D eigenvalue weighted by Gasteiger charge is 2.05. The lowest BCUT2D eigenvalue weighted by molar-refractivity contribution is -0.112. The van der Waals surface area contributed by atoms with Crippen molar-refractivity contribution in [1.82, 2.24) is 0 Å². The third-order valence-electron chi connectivity index (χ3n) is 1.51. The molecule has 0 aromatic heterocycles. The molecule has 0 saturated heterocycles. The average molecular weight is 224 g/mol. The first-order chi connectivity index (χ1) is 6.89. The van der Waals surface area contributed by atoms with Gasteiger partial charge in [-0.15, -0.1) is 0 Å². The summed E-state index contributed by atoms with van der Waals surface area (Å²) in [4.78, 5) is 10.3. The number of rotatable bonds is 1. The average Bonchev–Trinajstić information content (AvgIpc) is 2.14. The number of carbonyl (C=O) groups excluding carboxylic acids is 1. The molecule has 1 rings (SSSR count). The second-order valence-electron chi connectivity index (χ2n) is 2.68. The number of carbonyl (C=O) groups is 1. The molecule has 4 N–H and O–H groups in total. The highest BCUT2D eigenvalue weighted by molar-refractivity contribution is 7.89. The standard InChI is InChI=1S/C9H8N2O3S/c10-9(12)6-3-7-1-4-8(5-2-7)15(11,13)14/h1-2,4-5H,(H2,10,12)(H2,11,13,14). The van der Waals surface area contributed by atoms with Gasteiger partial charge in [0.15, 0.2) is 0 Å². The van der Waals surface area contributed by atoms with Gasteiger partial charge >= 0.3 is 0 Å². The van der Waals surface area contributed by atoms with E-state index in [0.717, 1.165) is 0 Å². The summed E-state index contributed by atoms with van der Waals surface area (Å²) in [6.45, 7) is 0. The number of sulfonamides is 1. The van der Waals surface area contributed by atoms with E-state index < -0.39 is 15.9 Å². The highest BCUT2D eigenvalue weighted by atomic mass is 32.2. The second-order valence-corrected chi connectivity index (χ2v) is 4.25. The molecule has 0 spiro atoms. The predicted molar refractivity (Wildman–Crippen MR) is 53.9 cm³/mol. The van der Waals surface area contributed by atoms with Crippen LogP contribution in [0, 0.1) is 11.8 Å². The summed E-state index contributed by atoms with van der Waals surface area (Å²) in [5, 5.41) is 4.89. The minimum Gasteiger partial charge on any atom is -0.359 e. The molecule has 0 saturated carbocycles. The van der Waals surface area contributed by atoms with Crippen LogP contribution < -0.4 is 10.9 Å². The molecule has 0 bridgehead atoms. The van der Waals surface area contributed by atoms with Gasteiger partial charge in [0, 0.05) is 5.56 Å². The molecule has 0 heterocycles. The Hall–Kier alpha value is -1.84. The van der Waals surface area contributed by atoms with E-state index in [0.29, 0.717) is 5.56 Å². The summed E-state index contributed by atoms with van der Waals surface area (Å²) in [6.07, 6.45) is 0. The number of benzene rings is 1. The lowest BCUT2D eigenvalue weighted by atomic mass is 10.2. The van der Waals surface area contributed by atoms with Gasteiger partial charge < -0.3 is 5.73 Å². The number of primary sulfonamides is 1. The largest absolute Gasteiger partial charge is 0.359 e. The van der Waals surface area contributed by atoms with Crippen molar-refractivity contribution >= 4 is 15.9 Å². The number of hydrogen-bond donors (Lipinski definition) is 2. The van der Waals surface area contributed by atoms with Crippen molar-refractivity contribution in [3.05, 3.63) is 29.8 Å². The first kappa shape index (κ1) is 11.2. The normalized spacial score (nSPS) is 10.2. The van der Waals surface area contributed by atoms with Crippen molar-refractivity contribution in [3.63, 3.8) is 0 Å². The monoisotopic (exact) mass is 224 g/mol. The molecule has 1 amide bonds. The molecule has 0 fully saturated rings. The third kappa shape index (κ3) is 3.42. The summed E-state index contributed by atoms with van der Waals surface area (Å²) < 4.78 is 21.8. The Morgan fingerprint density at radius 1 is 1.20 bits per heavy atom. The summed E-state index contributed by atoms with van der Waals surface area (Å²) >= 11 is 0. The van der Waals surface area contributed by atoms with E-state index in [9.17, 15) is 13.2 Å². The van der Waals surface area contributed by atoms with Crippen LogP contribution in [0.15, 0.2) is 29.2 Å². The van der Waals surface area contributed by atoms with Crippen LogP contribution in [0.1, 0.15) is 5.56 Å². The minimum absolute atomic E-state index is 0.00729. The van der Waals surface area contributed by atoms with Gasteiger partial charge in [-0.25, -0.2) is 13.6 Å². The van der Waals surface area contributed by atoms with Crippen molar-refractivity contribution in [2.24, 2.45) is 10.9 Å². The van der Waals surface area contributed by atoms with Crippen molar-refractivity contribution < 1.29 is 13.2 Å². The molecule has 0 radical (unpaired) electrons. The number of primary amides is 1. The Labute approximate surface area is 87.1 Å². The summed E-state index contributed by atoms with van der Waals surface area (Å²) in [5.41, 5.74) is 5.30. The van der Waals surface area contributed by atoms with Crippen LogP contribution in [-0.2, 0) is 14.8 Å². The molecule has 0 aliphatic rings. The van der Waals surface area contributed by atoms with E-state index in [-0.39, 0.29) is 4.90 Å². The van der Waals surface area contributed by atoms with E-state index in [1.54, 1.807) is 0 Å². The van der Waals surface area contributed by atoms with Gasteiger partial charge in [0.1, 0.15) is 0 Å². The first-order valence-corrected chi connectivity index (χ1v) is 5.38. The van der Waals surface area contributed by atoms with Crippen LogP contribution >= 0.6 is 0 Å². The van der Waals surface area contributed by atoms with Crippen molar-refractivity contribution in [3.8, 4) is 11.8 Å². The Kier molecular flexibility index (Phi) is 3.09. The third-order valence-corrected chi connectivity index (χ3v) is 2.44. The lowest BCUT2D eigenvalue weighted by Gasteiger charge is -1.96. The van der Waals surface area contributed by atoms with Gasteiger partial charge in [0.2, 0.25) is 10.0 Å². The van der Waals surface area contributed by atoms with E-state index in [4.69, 9.17) is 10.9 Å². The Morgan fingerprint density at radius 3 is 2.13 bits per heavy atom. The van der Waals surface area contributed by atoms with Crippen LogP contribution in [-0.4, -0.2) is 14.3 Å². The molecule has 0 aliphatic carbocycles. The van der Waals surface area contributed by atoms with Crippen molar-refractivity contribution in [2.45, 2.75) is 4.90 Å². The number of nitrogens with two attached hydrogens (primary N) is 2. The molecule has 78 valence electrons. The zero-order valence-corrected chi connectivity index (χ0v) is 8.41. The minimum atomic E-state index is -3.69. The molecule has 5 nitrogen and oxygen atoms in total. The maximum Gasteiger partial charge on any atom is 0.293 e. The fraction of sp³-hybridized carbons (Fsp3) is 0. The van der Waals surface area contributed by atoms with E-state index in [1.165, 1.54) is 24.3 Å². The van der Waals surface area contributed by atoms with Gasteiger partial charge in [-0.2, -0.15) is 0 Å². The summed E-state index contributed by atoms with van der Waals surface area (Å²) in [7, 11) is -3.69. The highest BCUT2D eigenvalue weighted by Crippen LogP contribution is 2.07.